The first-order valence-electron chi connectivity index (χ1n) is 7.88. The van der Waals surface area contributed by atoms with Crippen LogP contribution < -0.4 is 4.74 Å². The SMILES string of the molecule is COc1cccc(-c2csc(Cc3nc(-c4ccc(Br)cc4)no3)n2)c1. The molecular weight excluding hydrogens is 414 g/mol. The predicted octanol–water partition coefficient (Wildman–Crippen LogP) is 5.22. The molecule has 0 radical (unpaired) electrons. The van der Waals surface area contributed by atoms with Gasteiger partial charge in [0.25, 0.3) is 0 Å². The molecule has 0 atom stereocenters. The molecule has 0 aliphatic rings. The van der Waals surface area contributed by atoms with Crippen molar-refractivity contribution in [3.63, 3.8) is 0 Å². The van der Waals surface area contributed by atoms with E-state index >= 15 is 0 Å². The van der Waals surface area contributed by atoms with Gasteiger partial charge in [0.2, 0.25) is 11.7 Å². The van der Waals surface area contributed by atoms with E-state index in [0.29, 0.717) is 18.1 Å². The van der Waals surface area contributed by atoms with Crippen LogP contribution in [0, 0.1) is 0 Å². The molecule has 4 rings (SSSR count). The molecule has 0 spiro atoms. The highest BCUT2D eigenvalue weighted by Crippen LogP contribution is 2.26. The second-order valence-corrected chi connectivity index (χ2v) is 7.41. The topological polar surface area (TPSA) is 61.0 Å². The van der Waals surface area contributed by atoms with Crippen molar-refractivity contribution < 1.29 is 9.26 Å². The molecule has 0 saturated heterocycles. The summed E-state index contributed by atoms with van der Waals surface area (Å²) >= 11 is 4.99. The van der Waals surface area contributed by atoms with Crippen molar-refractivity contribution in [2.24, 2.45) is 0 Å². The maximum atomic E-state index is 5.38. The number of hydrogen-bond donors (Lipinski definition) is 0. The number of ether oxygens (including phenoxy) is 1. The molecule has 2 aromatic heterocycles. The molecule has 0 N–H and O–H groups in total. The molecule has 0 bridgehead atoms. The minimum Gasteiger partial charge on any atom is -0.497 e. The minimum atomic E-state index is 0.512. The number of rotatable bonds is 5. The van der Waals surface area contributed by atoms with Crippen molar-refractivity contribution in [3.8, 4) is 28.4 Å². The number of aromatic nitrogens is 3. The summed E-state index contributed by atoms with van der Waals surface area (Å²) in [7, 11) is 1.66. The number of methoxy groups -OCH3 is 1. The summed E-state index contributed by atoms with van der Waals surface area (Å²) in [6.07, 6.45) is 0.512. The largest absolute Gasteiger partial charge is 0.497 e. The van der Waals surface area contributed by atoms with Crippen LogP contribution in [0.3, 0.4) is 0 Å². The minimum absolute atomic E-state index is 0.512. The highest BCUT2D eigenvalue weighted by atomic mass is 79.9. The number of benzene rings is 2. The first-order valence-corrected chi connectivity index (χ1v) is 9.56. The molecule has 2 aromatic carbocycles. The third-order valence-corrected chi connectivity index (χ3v) is 5.17. The van der Waals surface area contributed by atoms with E-state index in [0.717, 1.165) is 32.1 Å². The quantitative estimate of drug-likeness (QED) is 0.436. The van der Waals surface area contributed by atoms with Gasteiger partial charge in [-0.1, -0.05) is 33.2 Å². The van der Waals surface area contributed by atoms with Crippen LogP contribution in [0.15, 0.2) is 62.9 Å². The Hall–Kier alpha value is -2.51. The van der Waals surface area contributed by atoms with Gasteiger partial charge in [0, 0.05) is 21.0 Å². The Kier molecular flexibility index (Phi) is 4.81. The summed E-state index contributed by atoms with van der Waals surface area (Å²) in [5, 5.41) is 7.01. The van der Waals surface area contributed by atoms with E-state index in [1.807, 2.05) is 53.9 Å². The van der Waals surface area contributed by atoms with Crippen LogP contribution in [-0.4, -0.2) is 22.2 Å². The fraction of sp³-hybridized carbons (Fsp3) is 0.105. The Balaban J connectivity index is 1.52. The molecule has 0 aliphatic heterocycles. The smallest absolute Gasteiger partial charge is 0.233 e. The van der Waals surface area contributed by atoms with E-state index in [1.165, 1.54) is 0 Å². The third-order valence-electron chi connectivity index (χ3n) is 3.79. The second kappa shape index (κ2) is 7.39. The average Bonchev–Trinajstić information content (AvgIpc) is 3.33. The maximum absolute atomic E-state index is 5.38. The van der Waals surface area contributed by atoms with Gasteiger partial charge in [-0.3, -0.25) is 0 Å². The van der Waals surface area contributed by atoms with Gasteiger partial charge in [-0.2, -0.15) is 4.98 Å². The van der Waals surface area contributed by atoms with Crippen LogP contribution in [0.2, 0.25) is 0 Å². The average molecular weight is 428 g/mol. The fourth-order valence-electron chi connectivity index (χ4n) is 2.48. The molecule has 26 heavy (non-hydrogen) atoms. The molecule has 0 unspecified atom stereocenters. The summed E-state index contributed by atoms with van der Waals surface area (Å²) in [4.78, 5) is 9.14. The fourth-order valence-corrected chi connectivity index (χ4v) is 3.54. The lowest BCUT2D eigenvalue weighted by atomic mass is 10.2. The summed E-state index contributed by atoms with van der Waals surface area (Å²) < 4.78 is 11.7. The molecule has 5 nitrogen and oxygen atoms in total. The molecule has 0 saturated carbocycles. The van der Waals surface area contributed by atoms with E-state index in [4.69, 9.17) is 9.26 Å². The van der Waals surface area contributed by atoms with Crippen LogP contribution in [-0.2, 0) is 6.42 Å². The number of nitrogens with zero attached hydrogens (tertiary/aromatic N) is 3. The third kappa shape index (κ3) is 3.68. The predicted molar refractivity (Wildman–Crippen MR) is 104 cm³/mol. The summed E-state index contributed by atoms with van der Waals surface area (Å²) in [6, 6.07) is 15.6. The maximum Gasteiger partial charge on any atom is 0.233 e. The molecule has 4 aromatic rings. The Labute approximate surface area is 162 Å². The first kappa shape index (κ1) is 16.9. The number of thiazole rings is 1. The molecule has 130 valence electrons. The lowest BCUT2D eigenvalue weighted by molar-refractivity contribution is 0.385. The number of halogens is 1. The van der Waals surface area contributed by atoms with Crippen LogP contribution in [0.25, 0.3) is 22.6 Å². The van der Waals surface area contributed by atoms with E-state index in [-0.39, 0.29) is 0 Å². The number of hydrogen-bond acceptors (Lipinski definition) is 6. The van der Waals surface area contributed by atoms with Gasteiger partial charge in [0.15, 0.2) is 0 Å². The van der Waals surface area contributed by atoms with Crippen molar-refractivity contribution in [1.82, 2.24) is 15.1 Å². The standard InChI is InChI=1S/C19H14BrN3O2S/c1-24-15-4-2-3-13(9-15)16-11-26-18(21-16)10-17-22-19(23-25-17)12-5-7-14(20)8-6-12/h2-9,11H,10H2,1H3. The van der Waals surface area contributed by atoms with Gasteiger partial charge in [-0.25, -0.2) is 4.98 Å². The molecule has 7 heteroatoms. The van der Waals surface area contributed by atoms with Crippen molar-refractivity contribution >= 4 is 27.3 Å². The highest BCUT2D eigenvalue weighted by molar-refractivity contribution is 9.10. The lowest BCUT2D eigenvalue weighted by Gasteiger charge is -2.01. The van der Waals surface area contributed by atoms with E-state index in [9.17, 15) is 0 Å². The second-order valence-electron chi connectivity index (χ2n) is 5.55. The zero-order valence-corrected chi connectivity index (χ0v) is 16.3. The van der Waals surface area contributed by atoms with Gasteiger partial charge < -0.3 is 9.26 Å². The Bertz CT molecular complexity index is 1030. The van der Waals surface area contributed by atoms with Crippen molar-refractivity contribution in [3.05, 3.63) is 69.3 Å². The van der Waals surface area contributed by atoms with Gasteiger partial charge >= 0.3 is 0 Å². The van der Waals surface area contributed by atoms with Crippen LogP contribution >= 0.6 is 27.3 Å². The molecule has 0 fully saturated rings. The molecular formula is C19H14BrN3O2S. The van der Waals surface area contributed by atoms with E-state index in [2.05, 4.69) is 31.1 Å². The van der Waals surface area contributed by atoms with Crippen LogP contribution in [0.4, 0.5) is 0 Å². The van der Waals surface area contributed by atoms with Crippen LogP contribution in [0.5, 0.6) is 5.75 Å². The summed E-state index contributed by atoms with van der Waals surface area (Å²) in [6.45, 7) is 0. The first-order chi connectivity index (χ1) is 12.7. The zero-order chi connectivity index (χ0) is 17.9. The van der Waals surface area contributed by atoms with Crippen molar-refractivity contribution in [2.75, 3.05) is 7.11 Å². The Morgan fingerprint density at radius 1 is 1.08 bits per heavy atom. The molecule has 2 heterocycles. The van der Waals surface area contributed by atoms with Crippen molar-refractivity contribution in [1.29, 1.82) is 0 Å². The van der Waals surface area contributed by atoms with Gasteiger partial charge in [0.1, 0.15) is 10.8 Å². The normalized spacial score (nSPS) is 10.8. The van der Waals surface area contributed by atoms with Gasteiger partial charge in [-0.05, 0) is 36.4 Å². The van der Waals surface area contributed by atoms with E-state index in [1.54, 1.807) is 18.4 Å². The van der Waals surface area contributed by atoms with Gasteiger partial charge in [-0.15, -0.1) is 11.3 Å². The van der Waals surface area contributed by atoms with Gasteiger partial charge in [0.05, 0.1) is 19.2 Å². The lowest BCUT2D eigenvalue weighted by Crippen LogP contribution is -1.89. The summed E-state index contributed by atoms with van der Waals surface area (Å²) in [5.41, 5.74) is 2.85. The van der Waals surface area contributed by atoms with Crippen molar-refractivity contribution in [2.45, 2.75) is 6.42 Å². The summed E-state index contributed by atoms with van der Waals surface area (Å²) in [5.74, 6) is 1.94. The zero-order valence-electron chi connectivity index (χ0n) is 13.8. The molecule has 0 aliphatic carbocycles. The highest BCUT2D eigenvalue weighted by Gasteiger charge is 2.12. The van der Waals surface area contributed by atoms with Crippen LogP contribution in [0.1, 0.15) is 10.9 Å². The van der Waals surface area contributed by atoms with E-state index < -0.39 is 0 Å². The molecule has 0 amide bonds. The Morgan fingerprint density at radius 2 is 1.92 bits per heavy atom. The monoisotopic (exact) mass is 427 g/mol. The Morgan fingerprint density at radius 3 is 2.73 bits per heavy atom.